The fraction of sp³-hybridized carbons (Fsp3) is 0.333. The van der Waals surface area contributed by atoms with Crippen LogP contribution in [0.1, 0.15) is 5.56 Å². The summed E-state index contributed by atoms with van der Waals surface area (Å²) in [5.74, 6) is 1.48. The molecular weight excluding hydrogens is 378 g/mol. The van der Waals surface area contributed by atoms with Gasteiger partial charge in [0.15, 0.2) is 29.6 Å². The molecule has 1 amide bonds. The third-order valence-electron chi connectivity index (χ3n) is 4.46. The maximum Gasteiger partial charge on any atom is 0.351 e. The van der Waals surface area contributed by atoms with E-state index >= 15 is 0 Å². The van der Waals surface area contributed by atoms with Gasteiger partial charge in [-0.15, -0.1) is 0 Å². The fourth-order valence-electron chi connectivity index (χ4n) is 3.01. The van der Waals surface area contributed by atoms with Crippen molar-refractivity contribution in [2.24, 2.45) is 0 Å². The Morgan fingerprint density at radius 2 is 1.72 bits per heavy atom. The van der Waals surface area contributed by atoms with Crippen molar-refractivity contribution in [3.05, 3.63) is 48.0 Å². The second-order valence-electron chi connectivity index (χ2n) is 6.55. The number of carbonyl (C=O) groups is 2. The largest absolute Gasteiger partial charge is 0.486 e. The molecule has 1 N–H and O–H groups in total. The van der Waals surface area contributed by atoms with Gasteiger partial charge in [-0.25, -0.2) is 4.79 Å². The number of rotatable bonds is 6. The molecule has 2 aliphatic rings. The zero-order valence-corrected chi connectivity index (χ0v) is 15.7. The van der Waals surface area contributed by atoms with Crippen LogP contribution in [0.4, 0.5) is 0 Å². The lowest BCUT2D eigenvalue weighted by Crippen LogP contribution is -2.39. The van der Waals surface area contributed by atoms with Crippen LogP contribution in [0, 0.1) is 0 Å². The number of esters is 1. The molecule has 0 saturated heterocycles. The summed E-state index contributed by atoms with van der Waals surface area (Å²) in [5.41, 5.74) is 1.01. The van der Waals surface area contributed by atoms with Crippen LogP contribution in [-0.4, -0.2) is 51.0 Å². The summed E-state index contributed by atoms with van der Waals surface area (Å²) in [6.07, 6.45) is -0.275. The van der Waals surface area contributed by atoms with Gasteiger partial charge in [0.25, 0.3) is 5.91 Å². The molecule has 2 aromatic rings. The Balaban J connectivity index is 1.18. The molecule has 0 aliphatic carbocycles. The molecule has 8 nitrogen and oxygen atoms in total. The number of carbonyl (C=O) groups excluding carboxylic acids is 2. The molecule has 2 aliphatic heterocycles. The maximum atomic E-state index is 12.1. The van der Waals surface area contributed by atoms with E-state index in [2.05, 4.69) is 5.32 Å². The van der Waals surface area contributed by atoms with Gasteiger partial charge >= 0.3 is 5.97 Å². The standard InChI is InChI=1S/C21H21NO7/c23-20(22-8-7-14-5-6-16-18(11-14)26-10-9-25-16)13-28-21(24)19-12-27-15-3-1-2-4-17(15)29-19/h1-6,11,19H,7-10,12-13H2,(H,22,23). The van der Waals surface area contributed by atoms with Gasteiger partial charge in [0.1, 0.15) is 19.8 Å². The summed E-state index contributed by atoms with van der Waals surface area (Å²) < 4.78 is 27.1. The number of hydrogen-bond acceptors (Lipinski definition) is 7. The molecule has 2 heterocycles. The zero-order valence-electron chi connectivity index (χ0n) is 15.7. The topological polar surface area (TPSA) is 92.3 Å². The summed E-state index contributed by atoms with van der Waals surface area (Å²) in [4.78, 5) is 24.1. The molecule has 152 valence electrons. The normalized spacial score (nSPS) is 16.6. The first-order chi connectivity index (χ1) is 14.2. The van der Waals surface area contributed by atoms with Gasteiger partial charge in [-0.1, -0.05) is 18.2 Å². The molecule has 2 aromatic carbocycles. The molecule has 29 heavy (non-hydrogen) atoms. The fourth-order valence-corrected chi connectivity index (χ4v) is 3.01. The lowest BCUT2D eigenvalue weighted by Gasteiger charge is -2.24. The Hall–Kier alpha value is -3.42. The Morgan fingerprint density at radius 3 is 2.59 bits per heavy atom. The number of benzene rings is 2. The summed E-state index contributed by atoms with van der Waals surface area (Å²) in [5, 5.41) is 2.72. The van der Waals surface area contributed by atoms with Crippen LogP contribution in [0.25, 0.3) is 0 Å². The van der Waals surface area contributed by atoms with Crippen molar-refractivity contribution in [1.29, 1.82) is 0 Å². The zero-order chi connectivity index (χ0) is 20.1. The third-order valence-corrected chi connectivity index (χ3v) is 4.46. The first-order valence-electron chi connectivity index (χ1n) is 9.39. The molecular formula is C21H21NO7. The van der Waals surface area contributed by atoms with E-state index in [0.29, 0.717) is 43.4 Å². The van der Waals surface area contributed by atoms with Crippen molar-refractivity contribution >= 4 is 11.9 Å². The van der Waals surface area contributed by atoms with Gasteiger partial charge in [-0.05, 0) is 36.2 Å². The molecule has 0 saturated carbocycles. The predicted molar refractivity (Wildman–Crippen MR) is 101 cm³/mol. The van der Waals surface area contributed by atoms with E-state index in [1.54, 1.807) is 18.2 Å². The second-order valence-corrected chi connectivity index (χ2v) is 6.55. The minimum absolute atomic E-state index is 0.0432. The smallest absolute Gasteiger partial charge is 0.351 e. The highest BCUT2D eigenvalue weighted by Crippen LogP contribution is 2.31. The Labute approximate surface area is 167 Å². The number of amides is 1. The number of fused-ring (bicyclic) bond motifs is 2. The summed E-state index contributed by atoms with van der Waals surface area (Å²) >= 11 is 0. The van der Waals surface area contributed by atoms with Gasteiger partial charge in [0.2, 0.25) is 6.10 Å². The van der Waals surface area contributed by atoms with E-state index < -0.39 is 12.1 Å². The number of ether oxygens (including phenoxy) is 5. The van der Waals surface area contributed by atoms with Crippen LogP contribution in [0.3, 0.4) is 0 Å². The lowest BCUT2D eigenvalue weighted by atomic mass is 10.1. The minimum Gasteiger partial charge on any atom is -0.486 e. The number of para-hydroxylation sites is 2. The quantitative estimate of drug-likeness (QED) is 0.736. The summed E-state index contributed by atoms with van der Waals surface area (Å²) in [6.45, 7) is 1.15. The minimum atomic E-state index is -0.893. The molecule has 4 rings (SSSR count). The average Bonchev–Trinajstić information content (AvgIpc) is 2.77. The van der Waals surface area contributed by atoms with E-state index in [-0.39, 0.29) is 19.1 Å². The molecule has 1 atom stereocenters. The molecule has 8 heteroatoms. The van der Waals surface area contributed by atoms with E-state index in [0.717, 1.165) is 11.3 Å². The van der Waals surface area contributed by atoms with Crippen LogP contribution in [0.2, 0.25) is 0 Å². The summed E-state index contributed by atoms with van der Waals surface area (Å²) in [7, 11) is 0. The SMILES string of the molecule is O=C(COC(=O)C1COc2ccccc2O1)NCCc1ccc2c(c1)OCCO2. The van der Waals surface area contributed by atoms with Gasteiger partial charge in [-0.3, -0.25) is 4.79 Å². The first-order valence-corrected chi connectivity index (χ1v) is 9.39. The van der Waals surface area contributed by atoms with E-state index in [1.165, 1.54) is 0 Å². The Morgan fingerprint density at radius 1 is 0.966 bits per heavy atom. The van der Waals surface area contributed by atoms with E-state index in [4.69, 9.17) is 23.7 Å². The Bertz CT molecular complexity index is 898. The van der Waals surface area contributed by atoms with Crippen LogP contribution >= 0.6 is 0 Å². The molecule has 1 unspecified atom stereocenters. The van der Waals surface area contributed by atoms with Gasteiger partial charge in [0.05, 0.1) is 0 Å². The van der Waals surface area contributed by atoms with Crippen molar-refractivity contribution < 1.29 is 33.3 Å². The van der Waals surface area contributed by atoms with Crippen molar-refractivity contribution in [1.82, 2.24) is 5.32 Å². The van der Waals surface area contributed by atoms with Crippen LogP contribution in [0.5, 0.6) is 23.0 Å². The summed E-state index contributed by atoms with van der Waals surface area (Å²) in [6, 6.07) is 12.8. The third kappa shape index (κ3) is 4.71. The Kier molecular flexibility index (Phi) is 5.69. The highest BCUT2D eigenvalue weighted by molar-refractivity contribution is 5.82. The molecule has 0 spiro atoms. The van der Waals surface area contributed by atoms with Crippen molar-refractivity contribution in [3.8, 4) is 23.0 Å². The predicted octanol–water partition coefficient (Wildman–Crippen LogP) is 1.50. The lowest BCUT2D eigenvalue weighted by molar-refractivity contribution is -0.157. The van der Waals surface area contributed by atoms with Crippen molar-refractivity contribution in [3.63, 3.8) is 0 Å². The highest BCUT2D eigenvalue weighted by atomic mass is 16.6. The average molecular weight is 399 g/mol. The monoisotopic (exact) mass is 399 g/mol. The van der Waals surface area contributed by atoms with E-state index in [1.807, 2.05) is 24.3 Å². The van der Waals surface area contributed by atoms with Crippen molar-refractivity contribution in [2.45, 2.75) is 12.5 Å². The molecule has 0 aromatic heterocycles. The number of nitrogens with one attached hydrogen (secondary N) is 1. The first kappa shape index (κ1) is 18.9. The van der Waals surface area contributed by atoms with Crippen LogP contribution in [0.15, 0.2) is 42.5 Å². The number of hydrogen-bond donors (Lipinski definition) is 1. The van der Waals surface area contributed by atoms with Gasteiger partial charge in [0, 0.05) is 6.54 Å². The molecule has 0 bridgehead atoms. The van der Waals surface area contributed by atoms with Crippen molar-refractivity contribution in [2.75, 3.05) is 33.0 Å². The molecule has 0 fully saturated rings. The maximum absolute atomic E-state index is 12.1. The molecule has 0 radical (unpaired) electrons. The van der Waals surface area contributed by atoms with Crippen LogP contribution in [-0.2, 0) is 20.7 Å². The van der Waals surface area contributed by atoms with Gasteiger partial charge < -0.3 is 29.0 Å². The van der Waals surface area contributed by atoms with Crippen LogP contribution < -0.4 is 24.3 Å². The van der Waals surface area contributed by atoms with E-state index in [9.17, 15) is 9.59 Å². The van der Waals surface area contributed by atoms with Gasteiger partial charge in [-0.2, -0.15) is 0 Å². The second kappa shape index (κ2) is 8.72. The highest BCUT2D eigenvalue weighted by Gasteiger charge is 2.29.